The van der Waals surface area contributed by atoms with Crippen molar-refractivity contribution < 1.29 is 5.11 Å². The maximum atomic E-state index is 10.4. The largest absolute Gasteiger partial charge is 0.393 e. The van der Waals surface area contributed by atoms with Crippen LogP contribution in [-0.4, -0.2) is 38.6 Å². The molecular weight excluding hydrogens is 300 g/mol. The second kappa shape index (κ2) is 6.65. The number of aliphatic hydroxyl groups is 1. The lowest BCUT2D eigenvalue weighted by atomic mass is 9.88. The maximum Gasteiger partial charge on any atom is 0.135 e. The first-order valence-electron chi connectivity index (χ1n) is 9.03. The molecule has 0 radical (unpaired) electrons. The van der Waals surface area contributed by atoms with Gasteiger partial charge in [-0.15, -0.1) is 10.2 Å². The standard InChI is InChI=1S/C19H26N4O/c1-23-12-21-22-19(23)15-8-16(18(24)10-15)11-20-17-7-6-13-4-2-3-5-14(13)9-17/h2-5,12,15-18,20,24H,6-11H2,1H3/t15-,16+,17?,18+/m0/s1. The van der Waals surface area contributed by atoms with Crippen LogP contribution >= 0.6 is 0 Å². The Kier molecular flexibility index (Phi) is 4.37. The number of aromatic nitrogens is 3. The number of aryl methyl sites for hydroxylation is 2. The highest BCUT2D eigenvalue weighted by atomic mass is 16.3. The third-order valence-corrected chi connectivity index (χ3v) is 5.78. The molecular formula is C19H26N4O. The van der Waals surface area contributed by atoms with Gasteiger partial charge in [-0.2, -0.15) is 0 Å². The number of hydrogen-bond donors (Lipinski definition) is 2. The number of aliphatic hydroxyl groups excluding tert-OH is 1. The van der Waals surface area contributed by atoms with Crippen LogP contribution in [0.25, 0.3) is 0 Å². The number of hydrogen-bond acceptors (Lipinski definition) is 4. The summed E-state index contributed by atoms with van der Waals surface area (Å²) in [6, 6.07) is 9.29. The Morgan fingerprint density at radius 3 is 2.88 bits per heavy atom. The Hall–Kier alpha value is -1.72. The van der Waals surface area contributed by atoms with Crippen LogP contribution in [0.3, 0.4) is 0 Å². The highest BCUT2D eigenvalue weighted by Crippen LogP contribution is 2.37. The lowest BCUT2D eigenvalue weighted by molar-refractivity contribution is 0.128. The topological polar surface area (TPSA) is 63.0 Å². The summed E-state index contributed by atoms with van der Waals surface area (Å²) in [6.07, 6.45) is 6.74. The van der Waals surface area contributed by atoms with Gasteiger partial charge in [-0.25, -0.2) is 0 Å². The number of nitrogens with zero attached hydrogens (tertiary/aromatic N) is 3. The van der Waals surface area contributed by atoms with Crippen LogP contribution in [0.4, 0.5) is 0 Å². The van der Waals surface area contributed by atoms with Gasteiger partial charge in [-0.1, -0.05) is 24.3 Å². The summed E-state index contributed by atoms with van der Waals surface area (Å²) < 4.78 is 1.98. The molecule has 2 aromatic rings. The molecule has 2 aliphatic carbocycles. The van der Waals surface area contributed by atoms with Gasteiger partial charge in [0.25, 0.3) is 0 Å². The van der Waals surface area contributed by atoms with E-state index in [1.807, 2.05) is 11.6 Å². The van der Waals surface area contributed by atoms with E-state index in [0.717, 1.165) is 38.1 Å². The molecule has 5 nitrogen and oxygen atoms in total. The van der Waals surface area contributed by atoms with Crippen molar-refractivity contribution in [1.29, 1.82) is 0 Å². The van der Waals surface area contributed by atoms with Crippen LogP contribution in [0.5, 0.6) is 0 Å². The molecule has 1 aromatic heterocycles. The highest BCUT2D eigenvalue weighted by Gasteiger charge is 2.36. The van der Waals surface area contributed by atoms with Gasteiger partial charge < -0.3 is 15.0 Å². The Bertz CT molecular complexity index is 698. The zero-order chi connectivity index (χ0) is 16.5. The summed E-state index contributed by atoms with van der Waals surface area (Å²) in [5.74, 6) is 1.64. The van der Waals surface area contributed by atoms with Crippen LogP contribution in [0.15, 0.2) is 30.6 Å². The Balaban J connectivity index is 1.33. The molecule has 1 aromatic carbocycles. The van der Waals surface area contributed by atoms with E-state index in [9.17, 15) is 5.11 Å². The van der Waals surface area contributed by atoms with E-state index in [1.165, 1.54) is 17.5 Å². The molecule has 0 spiro atoms. The molecule has 0 saturated heterocycles. The predicted octanol–water partition coefficient (Wildman–Crippen LogP) is 1.82. The van der Waals surface area contributed by atoms with Crippen LogP contribution in [0, 0.1) is 5.92 Å². The normalized spacial score (nSPS) is 29.6. The molecule has 1 fully saturated rings. The van der Waals surface area contributed by atoms with Crippen molar-refractivity contribution in [2.75, 3.05) is 6.54 Å². The fourth-order valence-electron chi connectivity index (χ4n) is 4.38. The molecule has 4 atom stereocenters. The third kappa shape index (κ3) is 3.10. The minimum atomic E-state index is -0.241. The van der Waals surface area contributed by atoms with E-state index in [2.05, 4.69) is 39.8 Å². The molecule has 1 heterocycles. The zero-order valence-corrected chi connectivity index (χ0v) is 14.2. The third-order valence-electron chi connectivity index (χ3n) is 5.78. The summed E-state index contributed by atoms with van der Waals surface area (Å²) in [4.78, 5) is 0. The SMILES string of the molecule is Cn1cnnc1[C@H]1C[C@H](CNC2CCc3ccccc3C2)[C@H](O)C1. The van der Waals surface area contributed by atoms with Crippen molar-refractivity contribution in [3.05, 3.63) is 47.5 Å². The van der Waals surface area contributed by atoms with Crippen molar-refractivity contribution in [3.8, 4) is 0 Å². The van der Waals surface area contributed by atoms with Crippen molar-refractivity contribution in [1.82, 2.24) is 20.1 Å². The second-order valence-corrected chi connectivity index (χ2v) is 7.41. The number of rotatable bonds is 4. The first-order chi connectivity index (χ1) is 11.7. The fourth-order valence-corrected chi connectivity index (χ4v) is 4.38. The smallest absolute Gasteiger partial charge is 0.135 e. The second-order valence-electron chi connectivity index (χ2n) is 7.41. The number of fused-ring (bicyclic) bond motifs is 1. The van der Waals surface area contributed by atoms with Crippen LogP contribution in [0.1, 0.15) is 42.1 Å². The molecule has 128 valence electrons. The molecule has 24 heavy (non-hydrogen) atoms. The van der Waals surface area contributed by atoms with Crippen LogP contribution < -0.4 is 5.32 Å². The lowest BCUT2D eigenvalue weighted by Crippen LogP contribution is -2.39. The fraction of sp³-hybridized carbons (Fsp3) is 0.579. The van der Waals surface area contributed by atoms with E-state index in [4.69, 9.17) is 0 Å². The van der Waals surface area contributed by atoms with Crippen LogP contribution in [-0.2, 0) is 19.9 Å². The summed E-state index contributed by atoms with van der Waals surface area (Å²) in [5.41, 5.74) is 2.98. The van der Waals surface area contributed by atoms with E-state index in [0.29, 0.717) is 17.9 Å². The first kappa shape index (κ1) is 15.8. The van der Waals surface area contributed by atoms with Crippen LogP contribution in [0.2, 0.25) is 0 Å². The average molecular weight is 326 g/mol. The molecule has 1 unspecified atom stereocenters. The first-order valence-corrected chi connectivity index (χ1v) is 9.03. The molecule has 1 saturated carbocycles. The van der Waals surface area contributed by atoms with Crippen molar-refractivity contribution in [2.24, 2.45) is 13.0 Å². The van der Waals surface area contributed by atoms with Gasteiger partial charge in [0.05, 0.1) is 6.10 Å². The van der Waals surface area contributed by atoms with Gasteiger partial charge in [-0.05, 0) is 49.1 Å². The van der Waals surface area contributed by atoms with Crippen molar-refractivity contribution in [3.63, 3.8) is 0 Å². The minimum Gasteiger partial charge on any atom is -0.393 e. The Morgan fingerprint density at radius 1 is 1.25 bits per heavy atom. The van der Waals surface area contributed by atoms with E-state index in [-0.39, 0.29) is 6.10 Å². The monoisotopic (exact) mass is 326 g/mol. The summed E-state index contributed by atoms with van der Waals surface area (Å²) in [5, 5.41) is 22.3. The van der Waals surface area contributed by atoms with E-state index < -0.39 is 0 Å². The quantitative estimate of drug-likeness (QED) is 0.900. The van der Waals surface area contributed by atoms with Gasteiger partial charge in [0.15, 0.2) is 0 Å². The van der Waals surface area contributed by atoms with Gasteiger partial charge in [0, 0.05) is 25.6 Å². The van der Waals surface area contributed by atoms with E-state index in [1.54, 1.807) is 6.33 Å². The van der Waals surface area contributed by atoms with Crippen molar-refractivity contribution in [2.45, 2.75) is 50.2 Å². The molecule has 0 bridgehead atoms. The van der Waals surface area contributed by atoms with Crippen molar-refractivity contribution >= 4 is 0 Å². The number of benzene rings is 1. The number of nitrogens with one attached hydrogen (secondary N) is 1. The zero-order valence-electron chi connectivity index (χ0n) is 14.2. The van der Waals surface area contributed by atoms with Gasteiger partial charge >= 0.3 is 0 Å². The minimum absolute atomic E-state index is 0.241. The molecule has 2 N–H and O–H groups in total. The summed E-state index contributed by atoms with van der Waals surface area (Å²) in [6.45, 7) is 0.891. The molecule has 0 amide bonds. The van der Waals surface area contributed by atoms with E-state index >= 15 is 0 Å². The molecule has 4 rings (SSSR count). The highest BCUT2D eigenvalue weighted by molar-refractivity contribution is 5.30. The lowest BCUT2D eigenvalue weighted by Gasteiger charge is -2.27. The Morgan fingerprint density at radius 2 is 2.08 bits per heavy atom. The predicted molar refractivity (Wildman–Crippen MR) is 92.7 cm³/mol. The average Bonchev–Trinajstić information content (AvgIpc) is 3.18. The van der Waals surface area contributed by atoms with Gasteiger partial charge in [-0.3, -0.25) is 0 Å². The maximum absolute atomic E-state index is 10.4. The molecule has 5 heteroatoms. The van der Waals surface area contributed by atoms with Gasteiger partial charge in [0.1, 0.15) is 12.2 Å². The Labute approximate surface area is 143 Å². The summed E-state index contributed by atoms with van der Waals surface area (Å²) in [7, 11) is 1.98. The van der Waals surface area contributed by atoms with Gasteiger partial charge in [0.2, 0.25) is 0 Å². The summed E-state index contributed by atoms with van der Waals surface area (Å²) >= 11 is 0. The molecule has 0 aliphatic heterocycles. The molecule has 2 aliphatic rings.